The molecule has 0 aromatic rings. The fourth-order valence-corrected chi connectivity index (χ4v) is 2.72. The van der Waals surface area contributed by atoms with Crippen molar-refractivity contribution in [2.24, 2.45) is 11.5 Å². The highest BCUT2D eigenvalue weighted by Gasteiger charge is 2.28. The SMILES string of the molecule is CSCCC(NC(=O)C(CCC(N)=O)NC(=O)C(C)NC(=O)C(N)CS)C(=O)O. The van der Waals surface area contributed by atoms with Crippen molar-refractivity contribution >= 4 is 54.0 Å². The molecule has 0 bridgehead atoms. The molecule has 0 saturated heterocycles. The highest BCUT2D eigenvalue weighted by Crippen LogP contribution is 2.04. The molecule has 4 unspecified atom stereocenters. The van der Waals surface area contributed by atoms with Gasteiger partial charge in [-0.25, -0.2) is 4.79 Å². The van der Waals surface area contributed by atoms with Crippen molar-refractivity contribution in [1.29, 1.82) is 0 Å². The Hall–Kier alpha value is -1.99. The first-order valence-corrected chi connectivity index (χ1v) is 10.8. The minimum Gasteiger partial charge on any atom is -0.480 e. The summed E-state index contributed by atoms with van der Waals surface area (Å²) < 4.78 is 0. The molecule has 0 spiro atoms. The molecule has 0 radical (unpaired) electrons. The van der Waals surface area contributed by atoms with E-state index < -0.39 is 53.8 Å². The van der Waals surface area contributed by atoms with Crippen LogP contribution in [0.5, 0.6) is 0 Å². The third-order valence-corrected chi connectivity index (χ3v) is 4.86. The first-order chi connectivity index (χ1) is 13.5. The molecule has 0 aliphatic rings. The summed E-state index contributed by atoms with van der Waals surface area (Å²) in [4.78, 5) is 59.0. The number of amides is 4. The second-order valence-electron chi connectivity index (χ2n) is 6.27. The van der Waals surface area contributed by atoms with Crippen molar-refractivity contribution in [3.63, 3.8) is 0 Å². The van der Waals surface area contributed by atoms with Crippen LogP contribution in [0.2, 0.25) is 0 Å². The number of primary amides is 1. The zero-order chi connectivity index (χ0) is 22.6. The minimum absolute atomic E-state index is 0.0798. The van der Waals surface area contributed by atoms with E-state index in [9.17, 15) is 29.1 Å². The van der Waals surface area contributed by atoms with Crippen LogP contribution in [0.25, 0.3) is 0 Å². The quantitative estimate of drug-likeness (QED) is 0.145. The first-order valence-electron chi connectivity index (χ1n) is 8.81. The smallest absolute Gasteiger partial charge is 0.326 e. The zero-order valence-electron chi connectivity index (χ0n) is 16.3. The maximum Gasteiger partial charge on any atom is 0.326 e. The molecular formula is C16H29N5O6S2. The van der Waals surface area contributed by atoms with E-state index in [2.05, 4.69) is 28.6 Å². The number of carbonyl (C=O) groups excluding carboxylic acids is 4. The minimum atomic E-state index is -1.21. The summed E-state index contributed by atoms with van der Waals surface area (Å²) in [5, 5.41) is 16.4. The molecule has 0 saturated carbocycles. The average molecular weight is 452 g/mol. The van der Waals surface area contributed by atoms with Gasteiger partial charge in [0.25, 0.3) is 0 Å². The summed E-state index contributed by atoms with van der Waals surface area (Å²) in [5.74, 6) is -3.38. The highest BCUT2D eigenvalue weighted by atomic mass is 32.2. The molecule has 4 atom stereocenters. The number of nitrogens with one attached hydrogen (secondary N) is 3. The Kier molecular flexibility index (Phi) is 13.1. The Bertz CT molecular complexity index is 606. The van der Waals surface area contributed by atoms with E-state index in [1.807, 2.05) is 0 Å². The Morgan fingerprint density at radius 2 is 1.59 bits per heavy atom. The molecule has 29 heavy (non-hydrogen) atoms. The summed E-state index contributed by atoms with van der Waals surface area (Å²) in [6, 6.07) is -4.28. The van der Waals surface area contributed by atoms with E-state index in [1.165, 1.54) is 18.7 Å². The van der Waals surface area contributed by atoms with Crippen molar-refractivity contribution in [1.82, 2.24) is 16.0 Å². The van der Waals surface area contributed by atoms with E-state index in [0.717, 1.165) is 0 Å². The number of hydrogen-bond donors (Lipinski definition) is 7. The van der Waals surface area contributed by atoms with Crippen molar-refractivity contribution < 1.29 is 29.1 Å². The Morgan fingerprint density at radius 3 is 2.07 bits per heavy atom. The fraction of sp³-hybridized carbons (Fsp3) is 0.688. The molecule has 13 heteroatoms. The zero-order valence-corrected chi connectivity index (χ0v) is 18.1. The fourth-order valence-electron chi connectivity index (χ4n) is 2.09. The summed E-state index contributed by atoms with van der Waals surface area (Å²) >= 11 is 5.32. The number of carboxylic acids is 1. The number of nitrogens with two attached hydrogens (primary N) is 2. The molecule has 0 aromatic heterocycles. The van der Waals surface area contributed by atoms with E-state index >= 15 is 0 Å². The van der Waals surface area contributed by atoms with E-state index in [0.29, 0.717) is 5.75 Å². The van der Waals surface area contributed by atoms with Crippen LogP contribution in [0.1, 0.15) is 26.2 Å². The van der Waals surface area contributed by atoms with Gasteiger partial charge in [0, 0.05) is 12.2 Å². The number of thioether (sulfide) groups is 1. The highest BCUT2D eigenvalue weighted by molar-refractivity contribution is 7.98. The van der Waals surface area contributed by atoms with Crippen LogP contribution in [0.3, 0.4) is 0 Å². The predicted molar refractivity (Wildman–Crippen MR) is 112 cm³/mol. The molecule has 0 aliphatic heterocycles. The van der Waals surface area contributed by atoms with Gasteiger partial charge in [0.2, 0.25) is 23.6 Å². The van der Waals surface area contributed by atoms with Gasteiger partial charge in [0.05, 0.1) is 6.04 Å². The lowest BCUT2D eigenvalue weighted by Gasteiger charge is -2.23. The normalized spacial score (nSPS) is 14.8. The number of carboxylic acid groups (broad SMARTS) is 1. The third kappa shape index (κ3) is 10.9. The summed E-state index contributed by atoms with van der Waals surface area (Å²) in [7, 11) is 0. The second kappa shape index (κ2) is 14.1. The first kappa shape index (κ1) is 27.0. The van der Waals surface area contributed by atoms with E-state index in [4.69, 9.17) is 11.5 Å². The Labute approximate surface area is 178 Å². The van der Waals surface area contributed by atoms with Gasteiger partial charge in [-0.15, -0.1) is 0 Å². The Balaban J connectivity index is 5.12. The van der Waals surface area contributed by atoms with E-state index in [1.54, 1.807) is 6.26 Å². The van der Waals surface area contributed by atoms with Gasteiger partial charge in [-0.3, -0.25) is 19.2 Å². The van der Waals surface area contributed by atoms with Crippen molar-refractivity contribution in [2.75, 3.05) is 17.8 Å². The number of aliphatic carboxylic acids is 1. The standard InChI is InChI=1S/C16H29N5O6S2/c1-8(19-14(24)9(17)7-28)13(23)20-10(3-4-12(18)22)15(25)21-11(16(26)27)5-6-29-2/h8-11,28H,3-7,17H2,1-2H3,(H2,18,22)(H,19,24)(H,20,23)(H,21,25)(H,26,27). The number of rotatable bonds is 14. The van der Waals surface area contributed by atoms with Crippen molar-refractivity contribution in [3.8, 4) is 0 Å². The van der Waals surface area contributed by atoms with Crippen molar-refractivity contribution in [2.45, 2.75) is 50.4 Å². The van der Waals surface area contributed by atoms with E-state index in [-0.39, 0.29) is 25.0 Å². The molecule has 4 amide bonds. The second-order valence-corrected chi connectivity index (χ2v) is 7.62. The number of thiol groups is 1. The third-order valence-electron chi connectivity index (χ3n) is 3.82. The summed E-state index contributed by atoms with van der Waals surface area (Å²) in [5.41, 5.74) is 10.6. The van der Waals surface area contributed by atoms with Gasteiger partial charge in [-0.1, -0.05) is 0 Å². The molecule has 11 nitrogen and oxygen atoms in total. The van der Waals surface area contributed by atoms with Crippen LogP contribution < -0.4 is 27.4 Å². The maximum absolute atomic E-state index is 12.5. The van der Waals surface area contributed by atoms with Gasteiger partial charge in [-0.2, -0.15) is 24.4 Å². The lowest BCUT2D eigenvalue weighted by molar-refractivity contribution is -0.142. The van der Waals surface area contributed by atoms with Gasteiger partial charge in [0.1, 0.15) is 18.1 Å². The maximum atomic E-state index is 12.5. The van der Waals surface area contributed by atoms with Gasteiger partial charge < -0.3 is 32.5 Å². The monoisotopic (exact) mass is 451 g/mol. The lowest BCUT2D eigenvalue weighted by atomic mass is 10.1. The van der Waals surface area contributed by atoms with Crippen LogP contribution in [-0.4, -0.2) is 76.6 Å². The van der Waals surface area contributed by atoms with Crippen LogP contribution in [0.15, 0.2) is 0 Å². The molecule has 0 aliphatic carbocycles. The van der Waals surface area contributed by atoms with Crippen molar-refractivity contribution in [3.05, 3.63) is 0 Å². The largest absolute Gasteiger partial charge is 0.480 e. The van der Waals surface area contributed by atoms with Crippen LogP contribution in [0, 0.1) is 0 Å². The molecule has 0 fully saturated rings. The predicted octanol–water partition coefficient (Wildman–Crippen LogP) is -2.18. The summed E-state index contributed by atoms with van der Waals surface area (Å²) in [6.45, 7) is 1.39. The molecule has 8 N–H and O–H groups in total. The molecular weight excluding hydrogens is 422 g/mol. The van der Waals surface area contributed by atoms with Crippen LogP contribution >= 0.6 is 24.4 Å². The van der Waals surface area contributed by atoms with Gasteiger partial charge in [-0.05, 0) is 31.8 Å². The van der Waals surface area contributed by atoms with Gasteiger partial charge in [0.15, 0.2) is 0 Å². The molecule has 0 heterocycles. The average Bonchev–Trinajstić information content (AvgIpc) is 2.66. The number of carbonyl (C=O) groups is 5. The lowest BCUT2D eigenvalue weighted by Crippen LogP contribution is -2.56. The molecule has 0 aromatic carbocycles. The Morgan fingerprint density at radius 1 is 1.00 bits per heavy atom. The molecule has 166 valence electrons. The topological polar surface area (TPSA) is 194 Å². The summed E-state index contributed by atoms with van der Waals surface area (Å²) in [6.07, 6.45) is 1.66. The van der Waals surface area contributed by atoms with Gasteiger partial charge >= 0.3 is 5.97 Å². The number of hydrogen-bond acceptors (Lipinski definition) is 8. The molecule has 0 rings (SSSR count). The van der Waals surface area contributed by atoms with Crippen LogP contribution in [-0.2, 0) is 24.0 Å². The van der Waals surface area contributed by atoms with Crippen LogP contribution in [0.4, 0.5) is 0 Å².